The van der Waals surface area contributed by atoms with Crippen LogP contribution in [0.4, 0.5) is 30.6 Å². The average Bonchev–Trinajstić information content (AvgIpc) is 3.13. The fourth-order valence-electron chi connectivity index (χ4n) is 3.64. The predicted octanol–water partition coefficient (Wildman–Crippen LogP) is 4.32. The lowest BCUT2D eigenvalue weighted by Crippen LogP contribution is -2.29. The van der Waals surface area contributed by atoms with Gasteiger partial charge < -0.3 is 20.3 Å². The Morgan fingerprint density at radius 2 is 1.93 bits per heavy atom. The molecule has 0 bridgehead atoms. The number of halogens is 3. The lowest BCUT2D eigenvalue weighted by Gasteiger charge is -2.26. The smallest absolute Gasteiger partial charge is 0.393 e. The van der Waals surface area contributed by atoms with E-state index < -0.39 is 11.7 Å². The zero-order valence-corrected chi connectivity index (χ0v) is 16.4. The van der Waals surface area contributed by atoms with Crippen LogP contribution in [0, 0.1) is 0 Å². The first-order chi connectivity index (χ1) is 14.3. The highest BCUT2D eigenvalue weighted by molar-refractivity contribution is 5.86. The molecule has 0 atom stereocenters. The Labute approximate surface area is 171 Å². The van der Waals surface area contributed by atoms with E-state index in [1.54, 1.807) is 12.4 Å². The fraction of sp³-hybridized carbons (Fsp3) is 0.450. The molecule has 0 unspecified atom stereocenters. The maximum atomic E-state index is 13.1. The monoisotopic (exact) mass is 420 g/mol. The van der Waals surface area contributed by atoms with Crippen molar-refractivity contribution in [1.29, 1.82) is 0 Å². The molecule has 3 N–H and O–H groups in total. The summed E-state index contributed by atoms with van der Waals surface area (Å²) in [7, 11) is 0. The summed E-state index contributed by atoms with van der Waals surface area (Å²) in [4.78, 5) is 13.4. The molecule has 4 rings (SSSR count). The van der Waals surface area contributed by atoms with E-state index >= 15 is 0 Å². The highest BCUT2D eigenvalue weighted by Crippen LogP contribution is 2.32. The second kappa shape index (κ2) is 8.10. The Balaban J connectivity index is 1.67. The first-order valence-corrected chi connectivity index (χ1v) is 9.95. The van der Waals surface area contributed by atoms with Crippen molar-refractivity contribution in [1.82, 2.24) is 19.5 Å². The van der Waals surface area contributed by atoms with E-state index in [9.17, 15) is 18.3 Å². The quantitative estimate of drug-likeness (QED) is 0.570. The van der Waals surface area contributed by atoms with Crippen molar-refractivity contribution in [3.8, 4) is 0 Å². The van der Waals surface area contributed by atoms with Crippen LogP contribution in [0.25, 0.3) is 11.2 Å². The maximum absolute atomic E-state index is 13.1. The Kier molecular flexibility index (Phi) is 5.50. The van der Waals surface area contributed by atoms with Gasteiger partial charge in [-0.15, -0.1) is 0 Å². The zero-order chi connectivity index (χ0) is 21.3. The third-order valence-corrected chi connectivity index (χ3v) is 5.29. The molecule has 0 amide bonds. The number of benzene rings is 1. The molecule has 3 aromatic rings. The fourth-order valence-corrected chi connectivity index (χ4v) is 3.64. The first-order valence-electron chi connectivity index (χ1n) is 9.95. The number of rotatable bonds is 5. The Morgan fingerprint density at radius 1 is 1.17 bits per heavy atom. The van der Waals surface area contributed by atoms with Crippen LogP contribution in [0.2, 0.25) is 0 Å². The molecule has 1 aliphatic rings. The number of nitrogens with zero attached hydrogens (tertiary/aromatic N) is 4. The van der Waals surface area contributed by atoms with Gasteiger partial charge in [-0.3, -0.25) is 0 Å². The number of aliphatic hydroxyl groups excluding tert-OH is 1. The molecule has 30 heavy (non-hydrogen) atoms. The normalized spacial score (nSPS) is 19.8. The largest absolute Gasteiger partial charge is 0.416 e. The van der Waals surface area contributed by atoms with Gasteiger partial charge >= 0.3 is 6.18 Å². The van der Waals surface area contributed by atoms with Crippen molar-refractivity contribution in [2.75, 3.05) is 10.6 Å². The van der Waals surface area contributed by atoms with Gasteiger partial charge in [0.1, 0.15) is 0 Å². The van der Waals surface area contributed by atoms with Gasteiger partial charge in [0.05, 0.1) is 18.0 Å². The summed E-state index contributed by atoms with van der Waals surface area (Å²) < 4.78 is 41.0. The van der Waals surface area contributed by atoms with Gasteiger partial charge in [0.2, 0.25) is 5.95 Å². The summed E-state index contributed by atoms with van der Waals surface area (Å²) in [6.07, 6.45) is -0.0495. The van der Waals surface area contributed by atoms with E-state index in [0.717, 1.165) is 25.0 Å². The number of nitrogens with one attached hydrogen (secondary N) is 2. The summed E-state index contributed by atoms with van der Waals surface area (Å²) >= 11 is 0. The first kappa shape index (κ1) is 20.4. The zero-order valence-electron chi connectivity index (χ0n) is 16.4. The number of fused-ring (bicyclic) bond motifs is 1. The molecule has 2 heterocycles. The number of aromatic nitrogens is 4. The molecular formula is C20H23F3N6O. The summed E-state index contributed by atoms with van der Waals surface area (Å²) in [5.74, 6) is 0.721. The Bertz CT molecular complexity index is 1030. The number of aliphatic hydroxyl groups is 1. The van der Waals surface area contributed by atoms with Crippen molar-refractivity contribution in [2.24, 2.45) is 0 Å². The van der Waals surface area contributed by atoms with Crippen LogP contribution in [0.15, 0.2) is 30.6 Å². The highest BCUT2D eigenvalue weighted by Gasteiger charge is 2.30. The van der Waals surface area contributed by atoms with Crippen molar-refractivity contribution >= 4 is 28.6 Å². The number of anilines is 3. The van der Waals surface area contributed by atoms with E-state index in [0.29, 0.717) is 42.3 Å². The number of imidazole rings is 1. The number of hydrogen-bond donors (Lipinski definition) is 3. The van der Waals surface area contributed by atoms with Gasteiger partial charge in [0.25, 0.3) is 0 Å². The molecule has 1 fully saturated rings. The number of aryl methyl sites for hydroxylation is 1. The van der Waals surface area contributed by atoms with E-state index in [-0.39, 0.29) is 17.8 Å². The van der Waals surface area contributed by atoms with E-state index in [2.05, 4.69) is 25.6 Å². The Morgan fingerprint density at radius 3 is 2.63 bits per heavy atom. The van der Waals surface area contributed by atoms with Gasteiger partial charge in [-0.05, 0) is 50.8 Å². The molecular weight excluding hydrogens is 397 g/mol. The van der Waals surface area contributed by atoms with Crippen LogP contribution < -0.4 is 10.6 Å². The molecule has 7 nitrogen and oxygen atoms in total. The topological polar surface area (TPSA) is 87.9 Å². The second-order valence-corrected chi connectivity index (χ2v) is 7.45. The second-order valence-electron chi connectivity index (χ2n) is 7.45. The minimum Gasteiger partial charge on any atom is -0.393 e. The SMILES string of the molecule is CCn1cnc2c(Nc3cccc(C(F)(F)F)c3)nc(NC3CCC(O)CC3)nc21. The molecule has 2 aromatic heterocycles. The van der Waals surface area contributed by atoms with Crippen LogP contribution in [-0.2, 0) is 12.7 Å². The standard InChI is InChI=1S/C20H23F3N6O/c1-2-29-11-24-16-17(25-14-5-3-4-12(10-14)20(21,22)23)27-19(28-18(16)29)26-13-6-8-15(30)9-7-13/h3-5,10-11,13,15,30H,2,6-9H2,1H3,(H2,25,26,27,28). The molecule has 0 spiro atoms. The van der Waals surface area contributed by atoms with Crippen molar-refractivity contribution in [3.63, 3.8) is 0 Å². The van der Waals surface area contributed by atoms with Gasteiger partial charge in [0, 0.05) is 18.3 Å². The average molecular weight is 420 g/mol. The van der Waals surface area contributed by atoms with Crippen molar-refractivity contribution in [3.05, 3.63) is 36.2 Å². The van der Waals surface area contributed by atoms with E-state index in [4.69, 9.17) is 0 Å². The summed E-state index contributed by atoms with van der Waals surface area (Å²) in [6.45, 7) is 2.60. The van der Waals surface area contributed by atoms with Crippen molar-refractivity contribution < 1.29 is 18.3 Å². The lowest BCUT2D eigenvalue weighted by molar-refractivity contribution is -0.137. The summed E-state index contributed by atoms with van der Waals surface area (Å²) in [6, 6.07) is 5.10. The van der Waals surface area contributed by atoms with Crippen LogP contribution >= 0.6 is 0 Å². The third-order valence-electron chi connectivity index (χ3n) is 5.29. The molecule has 0 saturated heterocycles. The molecule has 1 aromatic carbocycles. The molecule has 1 aliphatic carbocycles. The van der Waals surface area contributed by atoms with Crippen LogP contribution in [0.1, 0.15) is 38.2 Å². The summed E-state index contributed by atoms with van der Waals surface area (Å²) in [5, 5.41) is 16.0. The number of alkyl halides is 3. The Hall–Kier alpha value is -2.88. The minimum atomic E-state index is -4.43. The lowest BCUT2D eigenvalue weighted by atomic mass is 9.93. The van der Waals surface area contributed by atoms with Crippen LogP contribution in [-0.4, -0.2) is 36.8 Å². The maximum Gasteiger partial charge on any atom is 0.416 e. The van der Waals surface area contributed by atoms with Gasteiger partial charge in [-0.2, -0.15) is 23.1 Å². The predicted molar refractivity (Wildman–Crippen MR) is 108 cm³/mol. The van der Waals surface area contributed by atoms with Crippen molar-refractivity contribution in [2.45, 2.75) is 57.5 Å². The minimum absolute atomic E-state index is 0.130. The van der Waals surface area contributed by atoms with Gasteiger partial charge in [0.15, 0.2) is 17.0 Å². The van der Waals surface area contributed by atoms with E-state index in [1.807, 2.05) is 11.5 Å². The molecule has 0 aliphatic heterocycles. The number of hydrogen-bond acceptors (Lipinski definition) is 6. The van der Waals surface area contributed by atoms with Crippen LogP contribution in [0.3, 0.4) is 0 Å². The van der Waals surface area contributed by atoms with E-state index in [1.165, 1.54) is 6.07 Å². The van der Waals surface area contributed by atoms with Crippen LogP contribution in [0.5, 0.6) is 0 Å². The molecule has 10 heteroatoms. The highest BCUT2D eigenvalue weighted by atomic mass is 19.4. The molecule has 160 valence electrons. The van der Waals surface area contributed by atoms with Gasteiger partial charge in [-0.1, -0.05) is 6.07 Å². The molecule has 1 saturated carbocycles. The molecule has 0 radical (unpaired) electrons. The third kappa shape index (κ3) is 4.33. The van der Waals surface area contributed by atoms with Gasteiger partial charge in [-0.25, -0.2) is 4.98 Å². The summed E-state index contributed by atoms with van der Waals surface area (Å²) in [5.41, 5.74) is 0.609.